The van der Waals surface area contributed by atoms with Crippen LogP contribution in [0.2, 0.25) is 0 Å². The van der Waals surface area contributed by atoms with Crippen molar-refractivity contribution in [3.63, 3.8) is 0 Å². The number of hydrogen-bond donors (Lipinski definition) is 1. The van der Waals surface area contributed by atoms with E-state index >= 15 is 0 Å². The molecule has 18 heavy (non-hydrogen) atoms. The molecular formula is C14H28N2O2. The van der Waals surface area contributed by atoms with Gasteiger partial charge in [-0.1, -0.05) is 6.92 Å². The van der Waals surface area contributed by atoms with Crippen molar-refractivity contribution in [3.05, 3.63) is 0 Å². The first kappa shape index (κ1) is 14.3. The van der Waals surface area contributed by atoms with Crippen LogP contribution in [0.3, 0.4) is 0 Å². The minimum Gasteiger partial charge on any atom is -0.381 e. The molecule has 106 valence electrons. The van der Waals surface area contributed by atoms with Crippen LogP contribution in [0.4, 0.5) is 0 Å². The zero-order valence-corrected chi connectivity index (χ0v) is 12.1. The predicted molar refractivity (Wildman–Crippen MR) is 72.9 cm³/mol. The largest absolute Gasteiger partial charge is 0.381 e. The smallest absolute Gasteiger partial charge is 0.0678 e. The van der Waals surface area contributed by atoms with Gasteiger partial charge < -0.3 is 14.8 Å². The molecule has 0 aromatic carbocycles. The van der Waals surface area contributed by atoms with Gasteiger partial charge in [0.25, 0.3) is 0 Å². The molecule has 0 radical (unpaired) electrons. The van der Waals surface area contributed by atoms with Crippen LogP contribution in [0.15, 0.2) is 0 Å². The lowest BCUT2D eigenvalue weighted by Crippen LogP contribution is -2.52. The van der Waals surface area contributed by atoms with E-state index in [1.807, 2.05) is 0 Å². The number of morpholine rings is 1. The van der Waals surface area contributed by atoms with E-state index in [1.54, 1.807) is 0 Å². The van der Waals surface area contributed by atoms with Crippen molar-refractivity contribution in [1.82, 2.24) is 10.2 Å². The third kappa shape index (κ3) is 3.67. The van der Waals surface area contributed by atoms with Crippen LogP contribution in [-0.2, 0) is 9.47 Å². The molecule has 0 aliphatic carbocycles. The lowest BCUT2D eigenvalue weighted by molar-refractivity contribution is -0.0780. The van der Waals surface area contributed by atoms with Crippen molar-refractivity contribution >= 4 is 0 Å². The summed E-state index contributed by atoms with van der Waals surface area (Å²) in [5, 5.41) is 3.51. The molecule has 0 saturated carbocycles. The van der Waals surface area contributed by atoms with Crippen LogP contribution in [0.1, 0.15) is 27.2 Å². The molecule has 0 spiro atoms. The molecule has 0 bridgehead atoms. The van der Waals surface area contributed by atoms with Crippen molar-refractivity contribution in [2.45, 2.75) is 39.4 Å². The maximum absolute atomic E-state index is 5.81. The van der Waals surface area contributed by atoms with Crippen molar-refractivity contribution in [2.24, 2.45) is 5.41 Å². The van der Waals surface area contributed by atoms with E-state index < -0.39 is 0 Å². The Kier molecular flexibility index (Phi) is 5.01. The van der Waals surface area contributed by atoms with E-state index in [9.17, 15) is 0 Å². The molecule has 2 saturated heterocycles. The average molecular weight is 256 g/mol. The van der Waals surface area contributed by atoms with E-state index in [-0.39, 0.29) is 0 Å². The van der Waals surface area contributed by atoms with Crippen molar-refractivity contribution in [1.29, 1.82) is 0 Å². The van der Waals surface area contributed by atoms with Crippen LogP contribution in [0.25, 0.3) is 0 Å². The minimum atomic E-state index is 0.312. The topological polar surface area (TPSA) is 33.7 Å². The monoisotopic (exact) mass is 256 g/mol. The van der Waals surface area contributed by atoms with Gasteiger partial charge in [0.15, 0.2) is 0 Å². The highest BCUT2D eigenvalue weighted by Gasteiger charge is 2.37. The highest BCUT2D eigenvalue weighted by atomic mass is 16.5. The SMILES string of the molecule is CCNCC1(CN2C[C@@H](C)O[C@@H](C)C2)CCOC1. The number of hydrogen-bond acceptors (Lipinski definition) is 4. The molecule has 2 aliphatic heterocycles. The number of nitrogens with zero attached hydrogens (tertiary/aromatic N) is 1. The number of rotatable bonds is 5. The molecule has 0 aromatic rings. The summed E-state index contributed by atoms with van der Waals surface area (Å²) in [6.07, 6.45) is 1.89. The second-order valence-electron chi connectivity index (χ2n) is 6.03. The van der Waals surface area contributed by atoms with Gasteiger partial charge in [-0.25, -0.2) is 0 Å². The average Bonchev–Trinajstić information content (AvgIpc) is 2.74. The maximum atomic E-state index is 5.81. The van der Waals surface area contributed by atoms with E-state index in [0.717, 1.165) is 45.9 Å². The van der Waals surface area contributed by atoms with Gasteiger partial charge in [0, 0.05) is 38.2 Å². The third-order valence-corrected chi connectivity index (χ3v) is 3.99. The van der Waals surface area contributed by atoms with Gasteiger partial charge in [-0.3, -0.25) is 4.90 Å². The fraction of sp³-hybridized carbons (Fsp3) is 1.00. The van der Waals surface area contributed by atoms with Crippen LogP contribution in [0, 0.1) is 5.41 Å². The number of nitrogens with one attached hydrogen (secondary N) is 1. The zero-order chi connectivity index (χ0) is 13.0. The van der Waals surface area contributed by atoms with E-state index in [0.29, 0.717) is 17.6 Å². The first-order valence-electron chi connectivity index (χ1n) is 7.30. The van der Waals surface area contributed by atoms with E-state index in [1.165, 1.54) is 6.42 Å². The first-order valence-corrected chi connectivity index (χ1v) is 7.30. The Labute approximate surface area is 111 Å². The van der Waals surface area contributed by atoms with Gasteiger partial charge in [0.05, 0.1) is 18.8 Å². The second-order valence-corrected chi connectivity index (χ2v) is 6.03. The second kappa shape index (κ2) is 6.33. The van der Waals surface area contributed by atoms with Gasteiger partial charge in [0.2, 0.25) is 0 Å². The Bertz CT molecular complexity index is 244. The third-order valence-electron chi connectivity index (χ3n) is 3.99. The first-order chi connectivity index (χ1) is 8.63. The number of ether oxygens (including phenoxy) is 2. The summed E-state index contributed by atoms with van der Waals surface area (Å²) < 4.78 is 11.5. The van der Waals surface area contributed by atoms with Crippen molar-refractivity contribution < 1.29 is 9.47 Å². The molecule has 2 aliphatic rings. The van der Waals surface area contributed by atoms with Crippen LogP contribution in [0.5, 0.6) is 0 Å². The highest BCUT2D eigenvalue weighted by Crippen LogP contribution is 2.30. The molecule has 0 amide bonds. The molecule has 0 aromatic heterocycles. The lowest BCUT2D eigenvalue weighted by atomic mass is 9.86. The van der Waals surface area contributed by atoms with Gasteiger partial charge in [-0.05, 0) is 26.8 Å². The molecule has 1 unspecified atom stereocenters. The Hall–Kier alpha value is -0.160. The minimum absolute atomic E-state index is 0.312. The van der Waals surface area contributed by atoms with Gasteiger partial charge in [-0.2, -0.15) is 0 Å². The molecule has 4 nitrogen and oxygen atoms in total. The lowest BCUT2D eigenvalue weighted by Gasteiger charge is -2.40. The summed E-state index contributed by atoms with van der Waals surface area (Å²) in [5.41, 5.74) is 0.312. The van der Waals surface area contributed by atoms with E-state index in [4.69, 9.17) is 9.47 Å². The van der Waals surface area contributed by atoms with Gasteiger partial charge in [-0.15, -0.1) is 0 Å². The zero-order valence-electron chi connectivity index (χ0n) is 12.1. The summed E-state index contributed by atoms with van der Waals surface area (Å²) in [7, 11) is 0. The predicted octanol–water partition coefficient (Wildman–Crippen LogP) is 1.11. The fourth-order valence-electron chi connectivity index (χ4n) is 3.25. The van der Waals surface area contributed by atoms with Gasteiger partial charge >= 0.3 is 0 Å². The fourth-order valence-corrected chi connectivity index (χ4v) is 3.25. The summed E-state index contributed by atoms with van der Waals surface area (Å²) >= 11 is 0. The molecule has 4 heteroatoms. The summed E-state index contributed by atoms with van der Waals surface area (Å²) in [6, 6.07) is 0. The van der Waals surface area contributed by atoms with Crippen LogP contribution >= 0.6 is 0 Å². The maximum Gasteiger partial charge on any atom is 0.0678 e. The highest BCUT2D eigenvalue weighted by molar-refractivity contribution is 4.90. The summed E-state index contributed by atoms with van der Waals surface area (Å²) in [5.74, 6) is 0. The molecule has 3 atom stereocenters. The summed E-state index contributed by atoms with van der Waals surface area (Å²) in [4.78, 5) is 2.56. The Balaban J connectivity index is 1.91. The van der Waals surface area contributed by atoms with Crippen LogP contribution < -0.4 is 5.32 Å². The Morgan fingerprint density at radius 1 is 1.28 bits per heavy atom. The van der Waals surface area contributed by atoms with Gasteiger partial charge in [0.1, 0.15) is 0 Å². The quantitative estimate of drug-likeness (QED) is 0.799. The normalized spacial score (nSPS) is 38.2. The molecule has 2 rings (SSSR count). The Morgan fingerprint density at radius 3 is 2.56 bits per heavy atom. The summed E-state index contributed by atoms with van der Waals surface area (Å²) in [6.45, 7) is 13.7. The van der Waals surface area contributed by atoms with E-state index in [2.05, 4.69) is 31.0 Å². The molecular weight excluding hydrogens is 228 g/mol. The molecule has 2 heterocycles. The van der Waals surface area contributed by atoms with Crippen molar-refractivity contribution in [2.75, 3.05) is 45.9 Å². The standard InChI is InChI=1S/C14H28N2O2/c1-4-15-9-14(5-6-17-11-14)10-16-7-12(2)18-13(3)8-16/h12-13,15H,4-11H2,1-3H3/t12-,13+,14?. The van der Waals surface area contributed by atoms with Crippen LogP contribution in [-0.4, -0.2) is 63.0 Å². The molecule has 1 N–H and O–H groups in total. The Morgan fingerprint density at radius 2 is 2.00 bits per heavy atom. The van der Waals surface area contributed by atoms with Crippen molar-refractivity contribution in [3.8, 4) is 0 Å². The molecule has 2 fully saturated rings.